The molecule has 1 aromatic rings. The van der Waals surface area contributed by atoms with E-state index in [1.807, 2.05) is 13.8 Å². The number of aryl methyl sites for hydroxylation is 1. The second kappa shape index (κ2) is 4.40. The summed E-state index contributed by atoms with van der Waals surface area (Å²) in [5, 5.41) is 9.75. The van der Waals surface area contributed by atoms with Crippen LogP contribution in [0, 0.1) is 6.92 Å². The minimum Gasteiger partial charge on any atom is -0.309 e. The highest BCUT2D eigenvalue weighted by Gasteiger charge is 2.32. The molecule has 0 amide bonds. The van der Waals surface area contributed by atoms with Gasteiger partial charge in [-0.05, 0) is 20.8 Å². The van der Waals surface area contributed by atoms with E-state index < -0.39 is 10.0 Å². The van der Waals surface area contributed by atoms with Gasteiger partial charge in [-0.15, -0.1) is 0 Å². The maximum absolute atomic E-state index is 12.4. The lowest BCUT2D eigenvalue weighted by Gasteiger charge is -2.35. The van der Waals surface area contributed by atoms with E-state index in [4.69, 9.17) is 0 Å². The minimum absolute atomic E-state index is 0.167. The average Bonchev–Trinajstić information content (AvgIpc) is 2.63. The molecule has 0 radical (unpaired) electrons. The molecule has 0 spiro atoms. The first-order chi connectivity index (χ1) is 7.91. The third-order valence-electron chi connectivity index (χ3n) is 2.93. The number of rotatable bonds is 2. The third-order valence-corrected chi connectivity index (χ3v) is 4.87. The zero-order valence-electron chi connectivity index (χ0n) is 10.3. The van der Waals surface area contributed by atoms with Crippen molar-refractivity contribution in [3.63, 3.8) is 0 Å². The van der Waals surface area contributed by atoms with E-state index in [-0.39, 0.29) is 17.0 Å². The van der Waals surface area contributed by atoms with Crippen LogP contribution in [-0.2, 0) is 10.0 Å². The molecule has 0 aromatic carbocycles. The van der Waals surface area contributed by atoms with Crippen LogP contribution in [0.2, 0.25) is 0 Å². The second-order valence-corrected chi connectivity index (χ2v) is 6.56. The van der Waals surface area contributed by atoms with E-state index >= 15 is 0 Å². The van der Waals surface area contributed by atoms with Crippen LogP contribution in [0.15, 0.2) is 11.1 Å². The standard InChI is InChI=1S/C10H18N4O2S/c1-7-5-14(6-8(2)12-7)17(15,16)10-4-11-13-9(10)3/h4,7-8,12H,5-6H2,1-3H3,(H,11,13). The fraction of sp³-hybridized carbons (Fsp3) is 0.700. The van der Waals surface area contributed by atoms with Crippen molar-refractivity contribution in [1.29, 1.82) is 0 Å². The SMILES string of the molecule is Cc1[nH]ncc1S(=O)(=O)N1CC(C)NC(C)C1. The van der Waals surface area contributed by atoms with Crippen LogP contribution >= 0.6 is 0 Å². The molecule has 6 nitrogen and oxygen atoms in total. The fourth-order valence-corrected chi connectivity index (χ4v) is 3.95. The molecule has 1 fully saturated rings. The van der Waals surface area contributed by atoms with Crippen LogP contribution in [0.5, 0.6) is 0 Å². The highest BCUT2D eigenvalue weighted by Crippen LogP contribution is 2.20. The fourth-order valence-electron chi connectivity index (χ4n) is 2.21. The molecule has 0 aliphatic carbocycles. The van der Waals surface area contributed by atoms with Gasteiger partial charge in [0, 0.05) is 25.2 Å². The number of nitrogens with zero attached hydrogens (tertiary/aromatic N) is 2. The smallest absolute Gasteiger partial charge is 0.246 e. The summed E-state index contributed by atoms with van der Waals surface area (Å²) in [5.74, 6) is 0. The Morgan fingerprint density at radius 2 is 1.94 bits per heavy atom. The summed E-state index contributed by atoms with van der Waals surface area (Å²) in [6.45, 7) is 6.68. The highest BCUT2D eigenvalue weighted by molar-refractivity contribution is 7.89. The molecule has 2 unspecified atom stereocenters. The van der Waals surface area contributed by atoms with E-state index in [0.29, 0.717) is 18.8 Å². The summed E-state index contributed by atoms with van der Waals surface area (Å²) in [5.41, 5.74) is 0.587. The molecule has 0 saturated carbocycles. The maximum atomic E-state index is 12.4. The van der Waals surface area contributed by atoms with Gasteiger partial charge < -0.3 is 5.32 Å². The van der Waals surface area contributed by atoms with Crippen LogP contribution in [0.4, 0.5) is 0 Å². The Labute approximate surface area is 101 Å². The first-order valence-corrected chi connectivity index (χ1v) is 7.11. The first kappa shape index (κ1) is 12.5. The average molecular weight is 258 g/mol. The van der Waals surface area contributed by atoms with Gasteiger partial charge in [0.25, 0.3) is 0 Å². The van der Waals surface area contributed by atoms with Crippen molar-refractivity contribution in [3.05, 3.63) is 11.9 Å². The van der Waals surface area contributed by atoms with Crippen LogP contribution in [0.25, 0.3) is 0 Å². The number of aromatic nitrogens is 2. The summed E-state index contributed by atoms with van der Waals surface area (Å²) in [6, 6.07) is 0.335. The van der Waals surface area contributed by atoms with Crippen molar-refractivity contribution in [2.24, 2.45) is 0 Å². The van der Waals surface area contributed by atoms with E-state index in [9.17, 15) is 8.42 Å². The molecular weight excluding hydrogens is 240 g/mol. The van der Waals surface area contributed by atoms with Crippen LogP contribution in [0.1, 0.15) is 19.5 Å². The van der Waals surface area contributed by atoms with Crippen LogP contribution in [0.3, 0.4) is 0 Å². The summed E-state index contributed by atoms with van der Waals surface area (Å²) >= 11 is 0. The lowest BCUT2D eigenvalue weighted by atomic mass is 10.2. The Morgan fingerprint density at radius 1 is 1.35 bits per heavy atom. The van der Waals surface area contributed by atoms with Crippen molar-refractivity contribution >= 4 is 10.0 Å². The van der Waals surface area contributed by atoms with Crippen molar-refractivity contribution in [3.8, 4) is 0 Å². The molecule has 7 heteroatoms. The molecular formula is C10H18N4O2S. The Kier molecular flexibility index (Phi) is 3.24. The van der Waals surface area contributed by atoms with Crippen molar-refractivity contribution in [1.82, 2.24) is 19.8 Å². The Balaban J connectivity index is 2.30. The van der Waals surface area contributed by atoms with Crippen molar-refractivity contribution < 1.29 is 8.42 Å². The number of hydrogen-bond donors (Lipinski definition) is 2. The molecule has 1 aliphatic rings. The number of hydrogen-bond acceptors (Lipinski definition) is 4. The Bertz CT molecular complexity index is 486. The summed E-state index contributed by atoms with van der Waals surface area (Å²) in [4.78, 5) is 0.277. The van der Waals surface area contributed by atoms with Gasteiger partial charge >= 0.3 is 0 Å². The van der Waals surface area contributed by atoms with Gasteiger partial charge in [0.05, 0.1) is 11.9 Å². The monoisotopic (exact) mass is 258 g/mol. The van der Waals surface area contributed by atoms with Crippen molar-refractivity contribution in [2.75, 3.05) is 13.1 Å². The zero-order chi connectivity index (χ0) is 12.6. The lowest BCUT2D eigenvalue weighted by Crippen LogP contribution is -2.55. The molecule has 17 heavy (non-hydrogen) atoms. The summed E-state index contributed by atoms with van der Waals surface area (Å²) in [6.07, 6.45) is 1.38. The molecule has 96 valence electrons. The van der Waals surface area contributed by atoms with Crippen molar-refractivity contribution in [2.45, 2.75) is 37.8 Å². The van der Waals surface area contributed by atoms with Gasteiger partial charge in [-0.1, -0.05) is 0 Å². The zero-order valence-corrected chi connectivity index (χ0v) is 11.1. The number of piperazine rings is 1. The largest absolute Gasteiger partial charge is 0.309 e. The number of H-pyrrole nitrogens is 1. The van der Waals surface area contributed by atoms with Gasteiger partial charge in [-0.3, -0.25) is 5.10 Å². The maximum Gasteiger partial charge on any atom is 0.246 e. The summed E-state index contributed by atoms with van der Waals surface area (Å²) in [7, 11) is -3.42. The quantitative estimate of drug-likeness (QED) is 0.788. The lowest BCUT2D eigenvalue weighted by molar-refractivity contribution is 0.263. The predicted molar refractivity (Wildman–Crippen MR) is 64.1 cm³/mol. The van der Waals surface area contributed by atoms with Gasteiger partial charge in [0.15, 0.2) is 0 Å². The van der Waals surface area contributed by atoms with E-state index in [1.165, 1.54) is 10.5 Å². The van der Waals surface area contributed by atoms with E-state index in [0.717, 1.165) is 0 Å². The number of sulfonamides is 1. The first-order valence-electron chi connectivity index (χ1n) is 5.67. The number of aromatic amines is 1. The van der Waals surface area contributed by atoms with Gasteiger partial charge in [-0.25, -0.2) is 8.42 Å². The third kappa shape index (κ3) is 2.36. The molecule has 2 N–H and O–H groups in total. The molecule has 2 heterocycles. The van der Waals surface area contributed by atoms with Gasteiger partial charge in [-0.2, -0.15) is 9.40 Å². The Hall–Kier alpha value is -0.920. The molecule has 2 atom stereocenters. The highest BCUT2D eigenvalue weighted by atomic mass is 32.2. The van der Waals surface area contributed by atoms with Crippen LogP contribution < -0.4 is 5.32 Å². The van der Waals surface area contributed by atoms with E-state index in [2.05, 4.69) is 15.5 Å². The topological polar surface area (TPSA) is 78.1 Å². The van der Waals surface area contributed by atoms with Gasteiger partial charge in [0.1, 0.15) is 4.90 Å². The Morgan fingerprint density at radius 3 is 2.41 bits per heavy atom. The molecule has 0 bridgehead atoms. The summed E-state index contributed by atoms with van der Waals surface area (Å²) < 4.78 is 26.3. The number of nitrogens with one attached hydrogen (secondary N) is 2. The van der Waals surface area contributed by atoms with Gasteiger partial charge in [0.2, 0.25) is 10.0 Å². The second-order valence-electron chi connectivity index (χ2n) is 4.65. The van der Waals surface area contributed by atoms with E-state index in [1.54, 1.807) is 6.92 Å². The minimum atomic E-state index is -3.42. The molecule has 2 rings (SSSR count). The van der Waals surface area contributed by atoms with Crippen LogP contribution in [-0.4, -0.2) is 48.1 Å². The molecule has 1 aromatic heterocycles. The molecule has 1 saturated heterocycles. The normalized spacial score (nSPS) is 27.2. The predicted octanol–water partition coefficient (Wildman–Crippen LogP) is 0.0890. The molecule has 1 aliphatic heterocycles.